The molecule has 0 radical (unpaired) electrons. The molecule has 0 atom stereocenters. The van der Waals surface area contributed by atoms with Gasteiger partial charge in [-0.2, -0.15) is 0 Å². The number of hydrogen-bond donors (Lipinski definition) is 2. The Labute approximate surface area is 99.3 Å². The van der Waals surface area contributed by atoms with Gasteiger partial charge in [0, 0.05) is 25.3 Å². The van der Waals surface area contributed by atoms with Crippen LogP contribution in [0.3, 0.4) is 0 Å². The first-order valence-corrected chi connectivity index (χ1v) is 6.66. The fourth-order valence-corrected chi connectivity index (χ4v) is 2.63. The summed E-state index contributed by atoms with van der Waals surface area (Å²) in [6, 6.07) is 0. The van der Waals surface area contributed by atoms with Gasteiger partial charge < -0.3 is 15.4 Å². The Morgan fingerprint density at radius 1 is 1.06 bits per heavy atom. The smallest absolute Gasteiger partial charge is 0.0483 e. The van der Waals surface area contributed by atoms with Gasteiger partial charge in [-0.15, -0.1) is 0 Å². The second-order valence-corrected chi connectivity index (χ2v) is 6.09. The van der Waals surface area contributed by atoms with Crippen LogP contribution >= 0.6 is 0 Å². The molecule has 0 aliphatic carbocycles. The molecule has 0 amide bonds. The van der Waals surface area contributed by atoms with E-state index in [-0.39, 0.29) is 0 Å². The van der Waals surface area contributed by atoms with Crippen molar-refractivity contribution in [3.8, 4) is 0 Å². The first-order valence-electron chi connectivity index (χ1n) is 6.66. The van der Waals surface area contributed by atoms with E-state index in [2.05, 4.69) is 24.5 Å². The molecule has 2 aliphatic rings. The number of nitrogens with one attached hydrogen (secondary N) is 2. The molecular formula is C13H26N2O. The Hall–Kier alpha value is -0.120. The van der Waals surface area contributed by atoms with Crippen LogP contribution in [0.2, 0.25) is 0 Å². The van der Waals surface area contributed by atoms with Crippen molar-refractivity contribution in [1.29, 1.82) is 0 Å². The van der Waals surface area contributed by atoms with Gasteiger partial charge in [0.1, 0.15) is 0 Å². The van der Waals surface area contributed by atoms with E-state index in [0.717, 1.165) is 32.6 Å². The van der Waals surface area contributed by atoms with Crippen LogP contribution in [0.15, 0.2) is 0 Å². The summed E-state index contributed by atoms with van der Waals surface area (Å²) >= 11 is 0. The number of hydrogen-bond acceptors (Lipinski definition) is 3. The maximum absolute atomic E-state index is 5.43. The van der Waals surface area contributed by atoms with Crippen molar-refractivity contribution in [2.75, 3.05) is 32.8 Å². The lowest BCUT2D eigenvalue weighted by atomic mass is 9.79. The summed E-state index contributed by atoms with van der Waals surface area (Å²) in [5.74, 6) is 0. The van der Waals surface area contributed by atoms with Crippen LogP contribution in [-0.4, -0.2) is 38.4 Å². The molecule has 2 rings (SSSR count). The summed E-state index contributed by atoms with van der Waals surface area (Å²) in [4.78, 5) is 0. The Kier molecular flexibility index (Phi) is 3.88. The molecule has 3 heteroatoms. The van der Waals surface area contributed by atoms with Gasteiger partial charge in [-0.05, 0) is 51.1 Å². The SMILES string of the molecule is CC1(CNC2(C)CCOCC2)CCNCC1. The number of rotatable bonds is 3. The zero-order valence-corrected chi connectivity index (χ0v) is 10.8. The zero-order valence-electron chi connectivity index (χ0n) is 10.8. The highest BCUT2D eigenvalue weighted by Gasteiger charge is 2.32. The van der Waals surface area contributed by atoms with E-state index in [9.17, 15) is 0 Å². The lowest BCUT2D eigenvalue weighted by Crippen LogP contribution is -2.52. The van der Waals surface area contributed by atoms with Gasteiger partial charge in [0.05, 0.1) is 0 Å². The van der Waals surface area contributed by atoms with E-state index in [1.165, 1.54) is 25.9 Å². The van der Waals surface area contributed by atoms with Crippen molar-refractivity contribution in [2.45, 2.75) is 45.1 Å². The molecule has 2 saturated heterocycles. The maximum atomic E-state index is 5.43. The molecule has 3 nitrogen and oxygen atoms in total. The van der Waals surface area contributed by atoms with Gasteiger partial charge in [0.25, 0.3) is 0 Å². The average molecular weight is 226 g/mol. The third kappa shape index (κ3) is 3.19. The van der Waals surface area contributed by atoms with E-state index in [4.69, 9.17) is 4.74 Å². The van der Waals surface area contributed by atoms with Gasteiger partial charge >= 0.3 is 0 Å². The zero-order chi connectivity index (χ0) is 11.5. The molecule has 0 aromatic rings. The molecule has 2 N–H and O–H groups in total. The van der Waals surface area contributed by atoms with Crippen molar-refractivity contribution in [2.24, 2.45) is 5.41 Å². The third-order valence-corrected chi connectivity index (χ3v) is 4.35. The van der Waals surface area contributed by atoms with Crippen molar-refractivity contribution in [3.05, 3.63) is 0 Å². The van der Waals surface area contributed by atoms with Gasteiger partial charge in [0.2, 0.25) is 0 Å². The molecule has 0 aromatic heterocycles. The summed E-state index contributed by atoms with van der Waals surface area (Å²) in [6.07, 6.45) is 4.90. The van der Waals surface area contributed by atoms with Gasteiger partial charge in [-0.3, -0.25) is 0 Å². The predicted octanol–water partition coefficient (Wildman–Crippen LogP) is 1.53. The molecule has 0 unspecified atom stereocenters. The number of piperidine rings is 1. The largest absolute Gasteiger partial charge is 0.381 e. The first kappa shape index (κ1) is 12.3. The van der Waals surface area contributed by atoms with Crippen LogP contribution in [0.25, 0.3) is 0 Å². The fourth-order valence-electron chi connectivity index (χ4n) is 2.63. The van der Waals surface area contributed by atoms with Crippen molar-refractivity contribution in [1.82, 2.24) is 10.6 Å². The molecule has 2 fully saturated rings. The normalized spacial score (nSPS) is 28.9. The van der Waals surface area contributed by atoms with Crippen molar-refractivity contribution < 1.29 is 4.74 Å². The van der Waals surface area contributed by atoms with E-state index < -0.39 is 0 Å². The second kappa shape index (κ2) is 5.03. The Bertz CT molecular complexity index is 194. The lowest BCUT2D eigenvalue weighted by molar-refractivity contribution is 0.0388. The predicted molar refractivity (Wildman–Crippen MR) is 66.7 cm³/mol. The molecule has 0 bridgehead atoms. The third-order valence-electron chi connectivity index (χ3n) is 4.35. The minimum Gasteiger partial charge on any atom is -0.381 e. The van der Waals surface area contributed by atoms with E-state index in [0.29, 0.717) is 11.0 Å². The maximum Gasteiger partial charge on any atom is 0.0483 e. The van der Waals surface area contributed by atoms with Crippen LogP contribution < -0.4 is 10.6 Å². The first-order chi connectivity index (χ1) is 7.62. The highest BCUT2D eigenvalue weighted by Crippen LogP contribution is 2.29. The van der Waals surface area contributed by atoms with Crippen LogP contribution in [0.1, 0.15) is 39.5 Å². The summed E-state index contributed by atoms with van der Waals surface area (Å²) in [6.45, 7) is 10.1. The topological polar surface area (TPSA) is 33.3 Å². The van der Waals surface area contributed by atoms with E-state index >= 15 is 0 Å². The molecule has 94 valence electrons. The van der Waals surface area contributed by atoms with E-state index in [1.807, 2.05) is 0 Å². The summed E-state index contributed by atoms with van der Waals surface area (Å²) < 4.78 is 5.43. The molecular weight excluding hydrogens is 200 g/mol. The van der Waals surface area contributed by atoms with E-state index in [1.54, 1.807) is 0 Å². The number of ether oxygens (including phenoxy) is 1. The Balaban J connectivity index is 1.80. The van der Waals surface area contributed by atoms with Crippen LogP contribution in [0.5, 0.6) is 0 Å². The second-order valence-electron chi connectivity index (χ2n) is 6.09. The monoisotopic (exact) mass is 226 g/mol. The highest BCUT2D eigenvalue weighted by molar-refractivity contribution is 4.90. The Morgan fingerprint density at radius 2 is 1.69 bits per heavy atom. The van der Waals surface area contributed by atoms with Crippen LogP contribution in [0, 0.1) is 5.41 Å². The molecule has 0 aromatic carbocycles. The van der Waals surface area contributed by atoms with Crippen molar-refractivity contribution >= 4 is 0 Å². The Morgan fingerprint density at radius 3 is 2.31 bits per heavy atom. The minimum atomic E-state index is 0.312. The molecule has 16 heavy (non-hydrogen) atoms. The molecule has 2 aliphatic heterocycles. The van der Waals surface area contributed by atoms with Gasteiger partial charge in [-0.1, -0.05) is 6.92 Å². The molecule has 2 heterocycles. The standard InChI is InChI=1S/C13H26N2O/c1-12(3-7-14-8-4-12)11-15-13(2)5-9-16-10-6-13/h14-15H,3-11H2,1-2H3. The van der Waals surface area contributed by atoms with Crippen LogP contribution in [0.4, 0.5) is 0 Å². The lowest BCUT2D eigenvalue weighted by Gasteiger charge is -2.41. The quantitative estimate of drug-likeness (QED) is 0.766. The van der Waals surface area contributed by atoms with Gasteiger partial charge in [0.15, 0.2) is 0 Å². The summed E-state index contributed by atoms with van der Waals surface area (Å²) in [5, 5.41) is 7.24. The van der Waals surface area contributed by atoms with Crippen molar-refractivity contribution in [3.63, 3.8) is 0 Å². The highest BCUT2D eigenvalue weighted by atomic mass is 16.5. The summed E-state index contributed by atoms with van der Waals surface area (Å²) in [7, 11) is 0. The molecule has 0 spiro atoms. The average Bonchev–Trinajstić information content (AvgIpc) is 2.29. The van der Waals surface area contributed by atoms with Crippen LogP contribution in [-0.2, 0) is 4.74 Å². The molecule has 0 saturated carbocycles. The minimum absolute atomic E-state index is 0.312. The van der Waals surface area contributed by atoms with Gasteiger partial charge in [-0.25, -0.2) is 0 Å². The summed E-state index contributed by atoms with van der Waals surface area (Å²) in [5.41, 5.74) is 0.804. The fraction of sp³-hybridized carbons (Fsp3) is 1.00.